The van der Waals surface area contributed by atoms with Gasteiger partial charge in [-0.2, -0.15) is 0 Å². The van der Waals surface area contributed by atoms with E-state index in [0.29, 0.717) is 0 Å². The summed E-state index contributed by atoms with van der Waals surface area (Å²) in [6.07, 6.45) is 26.2. The molecule has 0 saturated heterocycles. The van der Waals surface area contributed by atoms with Crippen molar-refractivity contribution in [2.45, 2.75) is 156 Å². The monoisotopic (exact) mass is 830 g/mol. The molecule has 0 unspecified atom stereocenters. The van der Waals surface area contributed by atoms with E-state index in [2.05, 4.69) is 108 Å². The fourth-order valence-corrected chi connectivity index (χ4v) is 14.5. The predicted molar refractivity (Wildman–Crippen MR) is 252 cm³/mol. The van der Waals surface area contributed by atoms with E-state index in [0.717, 1.165) is 0 Å². The maximum Gasteiger partial charge on any atom is 0.0535 e. The van der Waals surface area contributed by atoms with Gasteiger partial charge in [-0.3, -0.25) is 0 Å². The van der Waals surface area contributed by atoms with Crippen LogP contribution < -0.4 is 0 Å². The van der Waals surface area contributed by atoms with Crippen LogP contribution in [0.3, 0.4) is 0 Å². The lowest BCUT2D eigenvalue weighted by Crippen LogP contribution is -1.98. The van der Waals surface area contributed by atoms with Crippen LogP contribution in [0.15, 0.2) is 57.2 Å². The molecule has 0 fully saturated rings. The summed E-state index contributed by atoms with van der Waals surface area (Å²) in [4.78, 5) is 10.6. The molecule has 0 nitrogen and oxygen atoms in total. The highest BCUT2D eigenvalue weighted by molar-refractivity contribution is 7.23. The zero-order valence-corrected chi connectivity index (χ0v) is 38.3. The molecule has 290 valence electrons. The van der Waals surface area contributed by atoms with Gasteiger partial charge in [0.05, 0.1) is 4.88 Å². The SMILES string of the molecule is CCCCCCc1csc(-c2sc(CCCCCC)c(CCCCCC)c2CCCCCC)c1-c1sccc1-c1sccc1-c1sccc1-c1cccs1. The Bertz CT molecular complexity index is 1940. The van der Waals surface area contributed by atoms with Gasteiger partial charge in [-0.25, -0.2) is 0 Å². The van der Waals surface area contributed by atoms with Gasteiger partial charge in [0.15, 0.2) is 0 Å². The molecule has 0 saturated carbocycles. The fourth-order valence-electron chi connectivity index (χ4n) is 7.92. The van der Waals surface area contributed by atoms with Crippen LogP contribution in [0.1, 0.15) is 152 Å². The van der Waals surface area contributed by atoms with Crippen molar-refractivity contribution in [3.8, 4) is 51.5 Å². The van der Waals surface area contributed by atoms with Crippen molar-refractivity contribution in [1.82, 2.24) is 0 Å². The minimum Gasteiger partial charge on any atom is -0.144 e. The molecule has 0 atom stereocenters. The fraction of sp³-hybridized carbons (Fsp3) is 0.500. The highest BCUT2D eigenvalue weighted by Gasteiger charge is 2.27. The van der Waals surface area contributed by atoms with Gasteiger partial charge < -0.3 is 0 Å². The predicted octanol–water partition coefficient (Wildman–Crippen LogP) is 18.9. The molecule has 0 aliphatic carbocycles. The maximum atomic E-state index is 2.58. The summed E-state index contributed by atoms with van der Waals surface area (Å²) < 4.78 is 0. The Balaban J connectivity index is 1.47. The van der Waals surface area contributed by atoms with E-state index in [-0.39, 0.29) is 0 Å². The average Bonchev–Trinajstić information content (AvgIpc) is 4.04. The van der Waals surface area contributed by atoms with Gasteiger partial charge in [0.2, 0.25) is 0 Å². The van der Waals surface area contributed by atoms with Gasteiger partial charge in [-0.15, -0.1) is 68.0 Å². The van der Waals surface area contributed by atoms with Crippen LogP contribution in [0.4, 0.5) is 0 Å². The summed E-state index contributed by atoms with van der Waals surface area (Å²) in [5.41, 5.74) is 10.9. The van der Waals surface area contributed by atoms with Gasteiger partial charge in [0.25, 0.3) is 0 Å². The Labute approximate surface area is 351 Å². The van der Waals surface area contributed by atoms with Crippen molar-refractivity contribution in [3.05, 3.63) is 78.8 Å². The number of aryl methyl sites for hydroxylation is 2. The molecule has 6 heterocycles. The van der Waals surface area contributed by atoms with Gasteiger partial charge >= 0.3 is 0 Å². The minimum atomic E-state index is 1.18. The van der Waals surface area contributed by atoms with Crippen molar-refractivity contribution in [2.24, 2.45) is 0 Å². The Morgan fingerprint density at radius 2 is 0.944 bits per heavy atom. The number of hydrogen-bond donors (Lipinski definition) is 0. The van der Waals surface area contributed by atoms with Crippen LogP contribution in [0.2, 0.25) is 0 Å². The lowest BCUT2D eigenvalue weighted by molar-refractivity contribution is 0.644. The molecule has 0 N–H and O–H groups in total. The zero-order valence-electron chi connectivity index (χ0n) is 33.4. The number of thiophene rings is 6. The first-order chi connectivity index (χ1) is 26.7. The van der Waals surface area contributed by atoms with E-state index in [1.807, 2.05) is 45.3 Å². The van der Waals surface area contributed by atoms with Gasteiger partial charge in [-0.05, 0) is 119 Å². The van der Waals surface area contributed by atoms with E-state index in [1.54, 1.807) is 36.9 Å². The Kier molecular flexibility index (Phi) is 17.2. The van der Waals surface area contributed by atoms with Crippen molar-refractivity contribution in [2.75, 3.05) is 0 Å². The molecule has 0 aliphatic heterocycles. The summed E-state index contributed by atoms with van der Waals surface area (Å²) in [5.74, 6) is 0. The molecule has 6 aromatic heterocycles. The number of unbranched alkanes of at least 4 members (excludes halogenated alkanes) is 12. The third kappa shape index (κ3) is 10.4. The molecule has 0 amide bonds. The molecule has 6 aromatic rings. The second-order valence-electron chi connectivity index (χ2n) is 15.0. The molecular weight excluding hydrogens is 769 g/mol. The summed E-state index contributed by atoms with van der Waals surface area (Å²) in [6, 6.07) is 11.6. The van der Waals surface area contributed by atoms with Crippen LogP contribution in [0.25, 0.3) is 51.5 Å². The Morgan fingerprint density at radius 3 is 1.56 bits per heavy atom. The molecule has 6 rings (SSSR count). The van der Waals surface area contributed by atoms with Crippen LogP contribution in [0.5, 0.6) is 0 Å². The van der Waals surface area contributed by atoms with E-state index >= 15 is 0 Å². The number of hydrogen-bond acceptors (Lipinski definition) is 6. The highest BCUT2D eigenvalue weighted by Crippen LogP contribution is 2.54. The molecule has 0 radical (unpaired) electrons. The van der Waals surface area contributed by atoms with E-state index in [9.17, 15) is 0 Å². The summed E-state index contributed by atoms with van der Waals surface area (Å²) in [5, 5.41) is 11.8. The topological polar surface area (TPSA) is 0 Å². The lowest BCUT2D eigenvalue weighted by atomic mass is 9.93. The third-order valence-electron chi connectivity index (χ3n) is 10.9. The van der Waals surface area contributed by atoms with Gasteiger partial charge in [0.1, 0.15) is 0 Å². The second-order valence-corrected chi connectivity index (χ2v) is 20.7. The van der Waals surface area contributed by atoms with Crippen LogP contribution >= 0.6 is 68.0 Å². The first-order valence-corrected chi connectivity index (χ1v) is 26.4. The molecule has 54 heavy (non-hydrogen) atoms. The summed E-state index contributed by atoms with van der Waals surface area (Å²) >= 11 is 11.9. The first-order valence-electron chi connectivity index (χ1n) is 21.2. The molecule has 6 heteroatoms. The lowest BCUT2D eigenvalue weighted by Gasteiger charge is -2.13. The van der Waals surface area contributed by atoms with E-state index in [4.69, 9.17) is 0 Å². The smallest absolute Gasteiger partial charge is 0.0535 e. The molecule has 0 aromatic carbocycles. The molecule has 0 bridgehead atoms. The van der Waals surface area contributed by atoms with Gasteiger partial charge in [-0.1, -0.05) is 111 Å². The molecule has 0 spiro atoms. The third-order valence-corrected chi connectivity index (χ3v) is 17.1. The standard InChI is InChI=1S/C48H62S6/c1-5-9-13-17-22-35-34-53-48(47-37(24-19-15-11-7-3)36(23-18-14-10-6-2)42(54-47)25-20-16-12-8-4)43(35)46-40(29-33-52-46)45-39(28-32-51-45)44-38(27-31-50-44)41-26-21-30-49-41/h21,26-34H,5-20,22-25H2,1-4H3. The maximum absolute atomic E-state index is 2.58. The van der Waals surface area contributed by atoms with Crippen molar-refractivity contribution >= 4 is 68.0 Å². The van der Waals surface area contributed by atoms with Crippen molar-refractivity contribution in [1.29, 1.82) is 0 Å². The molecular formula is C48H62S6. The largest absolute Gasteiger partial charge is 0.144 e. The zero-order chi connectivity index (χ0) is 37.5. The Morgan fingerprint density at radius 1 is 0.407 bits per heavy atom. The van der Waals surface area contributed by atoms with Gasteiger partial charge in [0, 0.05) is 51.5 Å². The quantitative estimate of drug-likeness (QED) is 0.0504. The summed E-state index contributed by atoms with van der Waals surface area (Å²) in [6.45, 7) is 9.37. The normalized spacial score (nSPS) is 11.7. The highest BCUT2D eigenvalue weighted by atomic mass is 32.1. The van der Waals surface area contributed by atoms with E-state index < -0.39 is 0 Å². The van der Waals surface area contributed by atoms with Crippen LogP contribution in [-0.2, 0) is 25.7 Å². The van der Waals surface area contributed by atoms with E-state index in [1.165, 1.54) is 165 Å². The van der Waals surface area contributed by atoms with Crippen LogP contribution in [-0.4, -0.2) is 0 Å². The number of rotatable bonds is 25. The first kappa shape index (κ1) is 41.8. The average molecular weight is 831 g/mol. The van der Waals surface area contributed by atoms with Crippen molar-refractivity contribution in [3.63, 3.8) is 0 Å². The van der Waals surface area contributed by atoms with Crippen molar-refractivity contribution < 1.29 is 0 Å². The summed E-state index contributed by atoms with van der Waals surface area (Å²) in [7, 11) is 0. The minimum absolute atomic E-state index is 1.18. The second kappa shape index (κ2) is 22.2. The Hall–Kier alpha value is -1.80. The molecule has 0 aliphatic rings. The van der Waals surface area contributed by atoms with Crippen LogP contribution in [0, 0.1) is 0 Å².